The van der Waals surface area contributed by atoms with Gasteiger partial charge < -0.3 is 18.4 Å². The Morgan fingerprint density at radius 2 is 1.70 bits per heavy atom. The van der Waals surface area contributed by atoms with Crippen molar-refractivity contribution in [2.45, 2.75) is 51.3 Å². The molecular weight excluding hydrogens is 549 g/mol. The number of carbonyl (C=O) groups excluding carboxylic acids is 1. The minimum absolute atomic E-state index is 0.0462. The lowest BCUT2D eigenvalue weighted by molar-refractivity contribution is -0.141. The minimum Gasteiger partial charge on any atom is -0.492 e. The van der Waals surface area contributed by atoms with Crippen LogP contribution in [0.15, 0.2) is 42.5 Å². The van der Waals surface area contributed by atoms with Gasteiger partial charge in [0.15, 0.2) is 0 Å². The fourth-order valence-electron chi connectivity index (χ4n) is 5.72. The highest BCUT2D eigenvalue weighted by molar-refractivity contribution is 7.67. The third-order valence-corrected chi connectivity index (χ3v) is 7.74. The average molecular weight is 577 g/mol. The van der Waals surface area contributed by atoms with Gasteiger partial charge in [-0.05, 0) is 84.3 Å². The van der Waals surface area contributed by atoms with Crippen molar-refractivity contribution in [1.82, 2.24) is 0 Å². The zero-order valence-corrected chi connectivity index (χ0v) is 22.9. The molecule has 11 heteroatoms. The summed E-state index contributed by atoms with van der Waals surface area (Å²) >= 11 is 0. The predicted molar refractivity (Wildman–Crippen MR) is 140 cm³/mol. The van der Waals surface area contributed by atoms with Crippen molar-refractivity contribution < 1.29 is 44.8 Å². The van der Waals surface area contributed by atoms with E-state index in [9.17, 15) is 26.4 Å². The second kappa shape index (κ2) is 10.7. The molecule has 3 aromatic carbocycles. The quantitative estimate of drug-likeness (QED) is 0.273. The lowest BCUT2D eigenvalue weighted by Gasteiger charge is -2.22. The summed E-state index contributed by atoms with van der Waals surface area (Å²) in [5.41, 5.74) is 2.72. The summed E-state index contributed by atoms with van der Waals surface area (Å²) in [4.78, 5) is 11.7. The van der Waals surface area contributed by atoms with Gasteiger partial charge in [-0.2, -0.15) is 21.6 Å². The molecule has 0 saturated heterocycles. The molecule has 212 valence electrons. The number of carbonyl (C=O) groups is 1. The van der Waals surface area contributed by atoms with Crippen LogP contribution >= 0.6 is 0 Å². The Balaban J connectivity index is 1.50. The highest BCUT2D eigenvalue weighted by atomic mass is 32.2. The Morgan fingerprint density at radius 1 is 1.00 bits per heavy atom. The standard InChI is InChI=1S/C29H27F3O7S/c1-15-10-19(39-40(34)35)11-16(2)27(15)28-22-7-9-24(21(22)6-8-23(28)29(30,31)32)38-18-4-5-20-17(12-26(33)36-3)14-37-25(20)13-18/h4-6,8,10-11,13,17,24,40H,7,9,12,14H2,1-3H3/t17-,24-/m1/s1. The molecule has 2 aliphatic rings. The number of alkyl halides is 3. The third kappa shape index (κ3) is 5.34. The van der Waals surface area contributed by atoms with Gasteiger partial charge >= 0.3 is 12.1 Å². The first-order valence-corrected chi connectivity index (χ1v) is 13.7. The number of fused-ring (bicyclic) bond motifs is 2. The van der Waals surface area contributed by atoms with Crippen molar-refractivity contribution in [3.63, 3.8) is 0 Å². The Labute approximate surface area is 231 Å². The summed E-state index contributed by atoms with van der Waals surface area (Å²) in [7, 11) is -1.82. The SMILES string of the molecule is COC(=O)C[C@@H]1COc2cc(O[C@@H]3CCc4c3ccc(C(F)(F)F)c4-c3c(C)cc(O[SH](=O)=O)cc3C)ccc21. The van der Waals surface area contributed by atoms with E-state index in [1.807, 2.05) is 6.07 Å². The van der Waals surface area contributed by atoms with E-state index in [4.69, 9.17) is 18.4 Å². The molecule has 40 heavy (non-hydrogen) atoms. The van der Waals surface area contributed by atoms with E-state index in [2.05, 4.69) is 0 Å². The zero-order valence-electron chi connectivity index (χ0n) is 22.0. The number of methoxy groups -OCH3 is 1. The molecule has 1 heterocycles. The predicted octanol–water partition coefficient (Wildman–Crippen LogP) is 6.00. The maximum absolute atomic E-state index is 14.2. The molecule has 0 aromatic heterocycles. The average Bonchev–Trinajstić information content (AvgIpc) is 3.46. The van der Waals surface area contributed by atoms with E-state index < -0.39 is 28.8 Å². The summed E-state index contributed by atoms with van der Waals surface area (Å²) < 4.78 is 86.4. The largest absolute Gasteiger partial charge is 0.492 e. The normalized spacial score (nSPS) is 17.8. The van der Waals surface area contributed by atoms with Crippen molar-refractivity contribution >= 4 is 17.0 Å². The Hall–Kier alpha value is -3.73. The molecule has 0 N–H and O–H groups in total. The molecule has 0 saturated carbocycles. The van der Waals surface area contributed by atoms with Gasteiger partial charge in [-0.25, -0.2) is 0 Å². The summed E-state index contributed by atoms with van der Waals surface area (Å²) in [6.07, 6.45) is -4.04. The Bertz CT molecular complexity index is 1530. The van der Waals surface area contributed by atoms with Crippen molar-refractivity contribution in [3.8, 4) is 28.4 Å². The number of aryl methyl sites for hydroxylation is 2. The van der Waals surface area contributed by atoms with E-state index >= 15 is 0 Å². The number of esters is 1. The van der Waals surface area contributed by atoms with Crippen molar-refractivity contribution in [2.24, 2.45) is 0 Å². The molecule has 0 spiro atoms. The highest BCUT2D eigenvalue weighted by Gasteiger charge is 2.39. The van der Waals surface area contributed by atoms with E-state index in [1.54, 1.807) is 26.0 Å². The number of hydrogen-bond acceptors (Lipinski definition) is 7. The molecule has 7 nitrogen and oxygen atoms in total. The molecular formula is C29H27F3O7S. The van der Waals surface area contributed by atoms with Crippen LogP contribution in [-0.2, 0) is 33.1 Å². The van der Waals surface area contributed by atoms with Crippen LogP contribution in [0, 0.1) is 13.8 Å². The number of benzene rings is 3. The van der Waals surface area contributed by atoms with Gasteiger partial charge in [0, 0.05) is 17.5 Å². The summed E-state index contributed by atoms with van der Waals surface area (Å²) in [6.45, 7) is 3.61. The molecule has 0 amide bonds. The Morgan fingerprint density at radius 3 is 2.35 bits per heavy atom. The number of rotatable bonds is 7. The molecule has 1 aliphatic carbocycles. The van der Waals surface area contributed by atoms with Gasteiger partial charge in [0.25, 0.3) is 11.0 Å². The second-order valence-corrected chi connectivity index (χ2v) is 10.6. The van der Waals surface area contributed by atoms with E-state index in [0.717, 1.165) is 11.6 Å². The Kier molecular flexibility index (Phi) is 7.43. The van der Waals surface area contributed by atoms with Crippen molar-refractivity contribution in [3.05, 3.63) is 75.8 Å². The van der Waals surface area contributed by atoms with Gasteiger partial charge in [-0.1, -0.05) is 12.1 Å². The van der Waals surface area contributed by atoms with Crippen LogP contribution in [0.5, 0.6) is 17.2 Å². The molecule has 0 bridgehead atoms. The maximum atomic E-state index is 14.2. The fourth-order valence-corrected chi connectivity index (χ4v) is 5.99. The first-order valence-electron chi connectivity index (χ1n) is 12.6. The molecule has 0 fully saturated rings. The molecule has 5 rings (SSSR count). The number of thiol groups is 1. The van der Waals surface area contributed by atoms with Crippen molar-refractivity contribution in [2.75, 3.05) is 13.7 Å². The van der Waals surface area contributed by atoms with Crippen LogP contribution < -0.4 is 13.7 Å². The van der Waals surface area contributed by atoms with Gasteiger partial charge in [0.1, 0.15) is 23.4 Å². The van der Waals surface area contributed by atoms with Crippen LogP contribution in [0.4, 0.5) is 13.2 Å². The molecule has 0 radical (unpaired) electrons. The third-order valence-electron chi connectivity index (χ3n) is 7.38. The zero-order chi connectivity index (χ0) is 28.8. The summed E-state index contributed by atoms with van der Waals surface area (Å²) in [5.74, 6) is 0.713. The molecule has 0 unspecified atom stereocenters. The van der Waals surface area contributed by atoms with Gasteiger partial charge in [0.05, 0.1) is 25.7 Å². The van der Waals surface area contributed by atoms with Crippen LogP contribution in [0.2, 0.25) is 0 Å². The second-order valence-electron chi connectivity index (χ2n) is 9.93. The maximum Gasteiger partial charge on any atom is 0.417 e. The smallest absolute Gasteiger partial charge is 0.417 e. The number of hydrogen-bond donors (Lipinski definition) is 1. The highest BCUT2D eigenvalue weighted by Crippen LogP contribution is 2.48. The fraction of sp³-hybridized carbons (Fsp3) is 0.345. The monoisotopic (exact) mass is 576 g/mol. The van der Waals surface area contributed by atoms with E-state index in [0.29, 0.717) is 58.8 Å². The first kappa shape index (κ1) is 27.8. The van der Waals surface area contributed by atoms with Crippen molar-refractivity contribution in [1.29, 1.82) is 0 Å². The first-order chi connectivity index (χ1) is 19.0. The van der Waals surface area contributed by atoms with Gasteiger partial charge in [-0.3, -0.25) is 4.79 Å². The van der Waals surface area contributed by atoms with Gasteiger partial charge in [-0.15, -0.1) is 0 Å². The van der Waals surface area contributed by atoms with Crippen LogP contribution in [0.1, 0.15) is 58.2 Å². The lowest BCUT2D eigenvalue weighted by atomic mass is 9.86. The molecule has 3 aromatic rings. The van der Waals surface area contributed by atoms with Gasteiger partial charge in [0.2, 0.25) is 0 Å². The van der Waals surface area contributed by atoms with E-state index in [1.165, 1.54) is 25.3 Å². The van der Waals surface area contributed by atoms with Crippen LogP contribution in [0.3, 0.4) is 0 Å². The summed E-state index contributed by atoms with van der Waals surface area (Å²) in [5, 5.41) is 0. The van der Waals surface area contributed by atoms with Crippen LogP contribution in [-0.4, -0.2) is 28.1 Å². The minimum atomic E-state index is -4.60. The van der Waals surface area contributed by atoms with E-state index in [-0.39, 0.29) is 29.6 Å². The number of halogens is 3. The lowest BCUT2D eigenvalue weighted by Crippen LogP contribution is -2.11. The molecule has 1 aliphatic heterocycles. The topological polar surface area (TPSA) is 88.1 Å². The van der Waals surface area contributed by atoms with Crippen LogP contribution in [0.25, 0.3) is 11.1 Å². The summed E-state index contributed by atoms with van der Waals surface area (Å²) in [6, 6.07) is 10.8. The molecule has 2 atom stereocenters. The number of ether oxygens (including phenoxy) is 3.